The molecule has 0 aliphatic carbocycles. The van der Waals surface area contributed by atoms with Gasteiger partial charge < -0.3 is 9.47 Å². The summed E-state index contributed by atoms with van der Waals surface area (Å²) in [5.41, 5.74) is 1.21. The monoisotopic (exact) mass is 354 g/mol. The molecule has 0 unspecified atom stereocenters. The van der Waals surface area contributed by atoms with Crippen LogP contribution in [0.25, 0.3) is 0 Å². The Labute approximate surface area is 148 Å². The molecule has 0 aliphatic rings. The number of esters is 1. The Bertz CT molecular complexity index is 963. The molecule has 0 radical (unpaired) electrons. The van der Waals surface area contributed by atoms with E-state index in [0.29, 0.717) is 21.8 Å². The van der Waals surface area contributed by atoms with Gasteiger partial charge in [-0.3, -0.25) is 5.10 Å². The minimum atomic E-state index is -0.454. The van der Waals surface area contributed by atoms with Crippen LogP contribution in [0.4, 0.5) is 0 Å². The minimum absolute atomic E-state index is 0.327. The summed E-state index contributed by atoms with van der Waals surface area (Å²) in [5, 5.41) is 10.6. The Hall–Kier alpha value is -3.26. The molecule has 1 heterocycles. The molecule has 8 heteroatoms. The van der Waals surface area contributed by atoms with Gasteiger partial charge in [-0.25, -0.2) is 4.79 Å². The summed E-state index contributed by atoms with van der Waals surface area (Å²) in [6.45, 7) is 0. The molecule has 1 N–H and O–H groups in total. The van der Waals surface area contributed by atoms with Crippen molar-refractivity contribution in [3.8, 4) is 11.5 Å². The third-order valence-electron chi connectivity index (χ3n) is 3.27. The molecule has 0 aliphatic heterocycles. The molecule has 0 saturated carbocycles. The van der Waals surface area contributed by atoms with Crippen molar-refractivity contribution in [2.75, 3.05) is 7.11 Å². The second-order valence-corrected chi connectivity index (χ2v) is 5.30. The number of H-pyrrole nitrogens is 1. The smallest absolute Gasteiger partial charge is 0.343 e. The van der Waals surface area contributed by atoms with Crippen LogP contribution in [-0.2, 0) is 0 Å². The number of aromatic nitrogens is 3. The fourth-order valence-electron chi connectivity index (χ4n) is 2.04. The molecule has 0 saturated heterocycles. The molecule has 0 amide bonds. The second-order valence-electron chi connectivity index (χ2n) is 4.92. The van der Waals surface area contributed by atoms with Crippen molar-refractivity contribution in [3.05, 3.63) is 70.8 Å². The highest BCUT2D eigenvalue weighted by atomic mass is 32.1. The number of nitrogens with one attached hydrogen (secondary N) is 1. The van der Waals surface area contributed by atoms with Gasteiger partial charge in [-0.1, -0.05) is 18.2 Å². The number of methoxy groups -OCH3 is 1. The normalized spacial score (nSPS) is 10.8. The zero-order chi connectivity index (χ0) is 17.6. The predicted octanol–water partition coefficient (Wildman–Crippen LogP) is 3.05. The number of aromatic amines is 1. The Balaban J connectivity index is 1.80. The number of hydrogen-bond donors (Lipinski definition) is 1. The van der Waals surface area contributed by atoms with Crippen LogP contribution in [0.15, 0.2) is 60.0 Å². The van der Waals surface area contributed by atoms with E-state index in [2.05, 4.69) is 15.3 Å². The van der Waals surface area contributed by atoms with Gasteiger partial charge in [-0.15, -0.1) is 0 Å². The van der Waals surface area contributed by atoms with Crippen LogP contribution < -0.4 is 9.47 Å². The molecule has 0 atom stereocenters. The Morgan fingerprint density at radius 3 is 2.72 bits per heavy atom. The fraction of sp³-hybridized carbons (Fsp3) is 0.0588. The zero-order valence-electron chi connectivity index (χ0n) is 13.2. The topological polar surface area (TPSA) is 81.5 Å². The molecule has 0 fully saturated rings. The standard InChI is InChI=1S/C17H14N4O3S/c1-23-15-9-12(10-19-21-11-18-20-17(21)25)7-8-14(15)24-16(22)13-5-3-2-4-6-13/h2-11H,1H3,(H,20,25)/b19-10+. The van der Waals surface area contributed by atoms with E-state index in [1.54, 1.807) is 48.7 Å². The summed E-state index contributed by atoms with van der Waals surface area (Å²) in [4.78, 5) is 12.2. The number of rotatable bonds is 5. The summed E-state index contributed by atoms with van der Waals surface area (Å²) in [6, 6.07) is 13.9. The van der Waals surface area contributed by atoms with E-state index in [1.807, 2.05) is 6.07 Å². The maximum atomic E-state index is 12.2. The van der Waals surface area contributed by atoms with Crippen molar-refractivity contribution in [2.24, 2.45) is 5.10 Å². The average molecular weight is 354 g/mol. The molecule has 126 valence electrons. The van der Waals surface area contributed by atoms with Crippen molar-refractivity contribution in [1.29, 1.82) is 0 Å². The van der Waals surface area contributed by atoms with E-state index < -0.39 is 5.97 Å². The maximum absolute atomic E-state index is 12.2. The number of carbonyl (C=O) groups is 1. The van der Waals surface area contributed by atoms with Gasteiger partial charge in [0.1, 0.15) is 6.33 Å². The van der Waals surface area contributed by atoms with E-state index in [9.17, 15) is 4.79 Å². The Kier molecular flexibility index (Phi) is 5.00. The first-order valence-corrected chi connectivity index (χ1v) is 7.70. The van der Waals surface area contributed by atoms with Crippen molar-refractivity contribution in [2.45, 2.75) is 0 Å². The molecular formula is C17H14N4O3S. The van der Waals surface area contributed by atoms with E-state index in [0.717, 1.165) is 5.56 Å². The SMILES string of the molecule is COc1cc(/C=N/n2cn[nH]c2=S)ccc1OC(=O)c1ccccc1. The lowest BCUT2D eigenvalue weighted by molar-refractivity contribution is 0.0729. The maximum Gasteiger partial charge on any atom is 0.343 e. The van der Waals surface area contributed by atoms with Gasteiger partial charge >= 0.3 is 5.97 Å². The highest BCUT2D eigenvalue weighted by Crippen LogP contribution is 2.28. The van der Waals surface area contributed by atoms with Crippen LogP contribution >= 0.6 is 12.2 Å². The van der Waals surface area contributed by atoms with E-state index in [1.165, 1.54) is 18.1 Å². The van der Waals surface area contributed by atoms with E-state index in [4.69, 9.17) is 21.7 Å². The number of carbonyl (C=O) groups excluding carboxylic acids is 1. The lowest BCUT2D eigenvalue weighted by Gasteiger charge is -2.09. The molecular weight excluding hydrogens is 340 g/mol. The van der Waals surface area contributed by atoms with Crippen LogP contribution in [0, 0.1) is 4.77 Å². The lowest BCUT2D eigenvalue weighted by atomic mass is 10.2. The highest BCUT2D eigenvalue weighted by molar-refractivity contribution is 7.71. The van der Waals surface area contributed by atoms with Crippen LogP contribution in [0.1, 0.15) is 15.9 Å². The molecule has 0 bridgehead atoms. The fourth-order valence-corrected chi connectivity index (χ4v) is 2.18. The molecule has 7 nitrogen and oxygen atoms in total. The van der Waals surface area contributed by atoms with Crippen molar-refractivity contribution in [3.63, 3.8) is 0 Å². The van der Waals surface area contributed by atoms with Gasteiger partial charge in [0.2, 0.25) is 4.77 Å². The number of hydrogen-bond acceptors (Lipinski definition) is 6. The Morgan fingerprint density at radius 1 is 1.24 bits per heavy atom. The summed E-state index contributed by atoms with van der Waals surface area (Å²) in [5.74, 6) is 0.294. The van der Waals surface area contributed by atoms with Crippen LogP contribution in [0.3, 0.4) is 0 Å². The minimum Gasteiger partial charge on any atom is -0.493 e. The summed E-state index contributed by atoms with van der Waals surface area (Å²) < 4.78 is 12.5. The van der Waals surface area contributed by atoms with Gasteiger partial charge in [-0.2, -0.15) is 14.9 Å². The van der Waals surface area contributed by atoms with Gasteiger partial charge in [0.15, 0.2) is 11.5 Å². The van der Waals surface area contributed by atoms with Crippen LogP contribution in [0.5, 0.6) is 11.5 Å². The summed E-state index contributed by atoms with van der Waals surface area (Å²) in [6.07, 6.45) is 3.06. The average Bonchev–Trinajstić information content (AvgIpc) is 3.06. The number of nitrogens with zero attached hydrogens (tertiary/aromatic N) is 3. The highest BCUT2D eigenvalue weighted by Gasteiger charge is 2.12. The van der Waals surface area contributed by atoms with Crippen LogP contribution in [0.2, 0.25) is 0 Å². The third-order valence-corrected chi connectivity index (χ3v) is 3.54. The van der Waals surface area contributed by atoms with Gasteiger partial charge in [-0.05, 0) is 48.1 Å². The third kappa shape index (κ3) is 3.99. The zero-order valence-corrected chi connectivity index (χ0v) is 14.1. The number of ether oxygens (including phenoxy) is 2. The van der Waals surface area contributed by atoms with E-state index in [-0.39, 0.29) is 0 Å². The molecule has 2 aromatic carbocycles. The Morgan fingerprint density at radius 2 is 2.04 bits per heavy atom. The van der Waals surface area contributed by atoms with Crippen LogP contribution in [-0.4, -0.2) is 34.2 Å². The van der Waals surface area contributed by atoms with Crippen molar-refractivity contribution >= 4 is 24.4 Å². The molecule has 1 aromatic heterocycles. The first kappa shape index (κ1) is 16.6. The quantitative estimate of drug-likeness (QED) is 0.330. The van der Waals surface area contributed by atoms with Gasteiger partial charge in [0, 0.05) is 0 Å². The molecule has 3 rings (SSSR count). The van der Waals surface area contributed by atoms with E-state index >= 15 is 0 Å². The molecule has 3 aromatic rings. The van der Waals surface area contributed by atoms with Gasteiger partial charge in [0.25, 0.3) is 0 Å². The number of benzene rings is 2. The van der Waals surface area contributed by atoms with Crippen molar-refractivity contribution < 1.29 is 14.3 Å². The summed E-state index contributed by atoms with van der Waals surface area (Å²) in [7, 11) is 1.50. The first-order chi connectivity index (χ1) is 12.2. The first-order valence-electron chi connectivity index (χ1n) is 7.29. The summed E-state index contributed by atoms with van der Waals surface area (Å²) >= 11 is 5.01. The second kappa shape index (κ2) is 7.54. The van der Waals surface area contributed by atoms with Crippen molar-refractivity contribution in [1.82, 2.24) is 14.9 Å². The van der Waals surface area contributed by atoms with Gasteiger partial charge in [0.05, 0.1) is 18.9 Å². The largest absolute Gasteiger partial charge is 0.493 e. The predicted molar refractivity (Wildman–Crippen MR) is 94.8 cm³/mol. The molecule has 25 heavy (non-hydrogen) atoms. The lowest BCUT2D eigenvalue weighted by Crippen LogP contribution is -2.09. The molecule has 0 spiro atoms.